The maximum atomic E-state index is 2.72. The van der Waals surface area contributed by atoms with Crippen LogP contribution in [0.5, 0.6) is 0 Å². The van der Waals surface area contributed by atoms with Gasteiger partial charge in [-0.25, -0.2) is 0 Å². The molecule has 126 valence electrons. The molecule has 2 aromatic carbocycles. The summed E-state index contributed by atoms with van der Waals surface area (Å²) < 4.78 is 0. The first-order chi connectivity index (χ1) is 11.8. The molecule has 4 rings (SSSR count). The van der Waals surface area contributed by atoms with Crippen LogP contribution in [-0.2, 0) is 12.8 Å². The predicted molar refractivity (Wildman–Crippen MR) is 101 cm³/mol. The first kappa shape index (κ1) is 15.9. The van der Waals surface area contributed by atoms with Crippen LogP contribution in [0.1, 0.15) is 29.5 Å². The standard InChI is InChI=1S/C23H29N/c1-18-7-9-19(10-8-18)11-12-24-16-22-14-21(15-23(22)17-24)13-20-5-3-2-4-6-20/h2-10,21-23H,11-17H2,1H3. The fourth-order valence-corrected chi connectivity index (χ4v) is 4.86. The first-order valence-corrected chi connectivity index (χ1v) is 9.58. The van der Waals surface area contributed by atoms with Crippen molar-refractivity contribution in [3.8, 4) is 0 Å². The van der Waals surface area contributed by atoms with E-state index in [0.29, 0.717) is 0 Å². The van der Waals surface area contributed by atoms with Crippen LogP contribution >= 0.6 is 0 Å². The Morgan fingerprint density at radius 1 is 0.833 bits per heavy atom. The van der Waals surface area contributed by atoms with Crippen molar-refractivity contribution in [3.63, 3.8) is 0 Å². The van der Waals surface area contributed by atoms with E-state index in [4.69, 9.17) is 0 Å². The maximum Gasteiger partial charge on any atom is 0.00221 e. The highest BCUT2D eigenvalue weighted by molar-refractivity contribution is 5.21. The summed E-state index contributed by atoms with van der Waals surface area (Å²) in [5.41, 5.74) is 4.37. The minimum Gasteiger partial charge on any atom is -0.302 e. The average Bonchev–Trinajstić information content (AvgIpc) is 3.13. The second-order valence-electron chi connectivity index (χ2n) is 8.04. The van der Waals surface area contributed by atoms with Crippen molar-refractivity contribution >= 4 is 0 Å². The number of likely N-dealkylation sites (tertiary alicyclic amines) is 1. The van der Waals surface area contributed by atoms with Gasteiger partial charge in [-0.1, -0.05) is 60.2 Å². The molecule has 1 saturated heterocycles. The molecule has 1 saturated carbocycles. The van der Waals surface area contributed by atoms with Crippen LogP contribution in [0.25, 0.3) is 0 Å². The zero-order chi connectivity index (χ0) is 16.4. The Bertz CT molecular complexity index is 631. The highest BCUT2D eigenvalue weighted by Crippen LogP contribution is 2.42. The van der Waals surface area contributed by atoms with Crippen molar-refractivity contribution in [3.05, 3.63) is 71.3 Å². The van der Waals surface area contributed by atoms with E-state index in [2.05, 4.69) is 66.4 Å². The zero-order valence-electron chi connectivity index (χ0n) is 14.8. The minimum absolute atomic E-state index is 0.918. The molecular weight excluding hydrogens is 290 g/mol. The Morgan fingerprint density at radius 3 is 2.17 bits per heavy atom. The topological polar surface area (TPSA) is 3.24 Å². The number of fused-ring (bicyclic) bond motifs is 1. The number of benzene rings is 2. The van der Waals surface area contributed by atoms with Gasteiger partial charge in [-0.3, -0.25) is 0 Å². The van der Waals surface area contributed by atoms with Crippen LogP contribution in [0.4, 0.5) is 0 Å². The van der Waals surface area contributed by atoms with Crippen molar-refractivity contribution in [1.29, 1.82) is 0 Å². The normalized spacial score (nSPS) is 26.6. The molecule has 1 aliphatic heterocycles. The third-order valence-corrected chi connectivity index (χ3v) is 6.13. The van der Waals surface area contributed by atoms with Gasteiger partial charge in [-0.15, -0.1) is 0 Å². The van der Waals surface area contributed by atoms with E-state index in [0.717, 1.165) is 17.8 Å². The SMILES string of the molecule is Cc1ccc(CCN2CC3CC(Cc4ccccc4)CC3C2)cc1. The molecule has 2 aliphatic rings. The molecule has 0 bridgehead atoms. The van der Waals surface area contributed by atoms with Gasteiger partial charge in [0.05, 0.1) is 0 Å². The van der Waals surface area contributed by atoms with Gasteiger partial charge in [-0.05, 0) is 61.5 Å². The van der Waals surface area contributed by atoms with Crippen molar-refractivity contribution in [2.45, 2.75) is 32.6 Å². The maximum absolute atomic E-state index is 2.72. The Labute approximate surface area is 146 Å². The first-order valence-electron chi connectivity index (χ1n) is 9.58. The number of nitrogens with zero attached hydrogens (tertiary/aromatic N) is 1. The van der Waals surface area contributed by atoms with Gasteiger partial charge in [0.2, 0.25) is 0 Å². The monoisotopic (exact) mass is 319 g/mol. The number of aryl methyl sites for hydroxylation is 1. The van der Waals surface area contributed by atoms with Crippen LogP contribution in [0.2, 0.25) is 0 Å². The van der Waals surface area contributed by atoms with Gasteiger partial charge in [0.15, 0.2) is 0 Å². The summed E-state index contributed by atoms with van der Waals surface area (Å²) in [5.74, 6) is 2.83. The van der Waals surface area contributed by atoms with E-state index < -0.39 is 0 Å². The molecule has 1 heterocycles. The number of hydrogen-bond acceptors (Lipinski definition) is 1. The molecule has 0 spiro atoms. The molecule has 2 fully saturated rings. The van der Waals surface area contributed by atoms with E-state index in [1.807, 2.05) is 0 Å². The van der Waals surface area contributed by atoms with Gasteiger partial charge in [0.25, 0.3) is 0 Å². The molecular formula is C23H29N. The highest BCUT2D eigenvalue weighted by atomic mass is 15.2. The third kappa shape index (κ3) is 3.72. The molecule has 2 unspecified atom stereocenters. The Balaban J connectivity index is 1.25. The number of rotatable bonds is 5. The van der Waals surface area contributed by atoms with Crippen LogP contribution in [0, 0.1) is 24.7 Å². The van der Waals surface area contributed by atoms with E-state index >= 15 is 0 Å². The summed E-state index contributed by atoms with van der Waals surface area (Å²) >= 11 is 0. The summed E-state index contributed by atoms with van der Waals surface area (Å²) in [6.07, 6.45) is 5.38. The largest absolute Gasteiger partial charge is 0.302 e. The summed E-state index contributed by atoms with van der Waals surface area (Å²) in [5, 5.41) is 0. The summed E-state index contributed by atoms with van der Waals surface area (Å²) in [6.45, 7) is 6.07. The van der Waals surface area contributed by atoms with Crippen molar-refractivity contribution in [2.75, 3.05) is 19.6 Å². The Kier molecular flexibility index (Phi) is 4.71. The third-order valence-electron chi connectivity index (χ3n) is 6.13. The van der Waals surface area contributed by atoms with E-state index in [1.54, 1.807) is 0 Å². The quantitative estimate of drug-likeness (QED) is 0.769. The molecule has 0 radical (unpaired) electrons. The molecule has 0 amide bonds. The lowest BCUT2D eigenvalue weighted by Crippen LogP contribution is -2.25. The molecule has 2 aromatic rings. The smallest absolute Gasteiger partial charge is 0.00221 e. The average molecular weight is 319 g/mol. The van der Waals surface area contributed by atoms with Gasteiger partial charge in [0, 0.05) is 19.6 Å². The van der Waals surface area contributed by atoms with Crippen LogP contribution in [-0.4, -0.2) is 24.5 Å². The van der Waals surface area contributed by atoms with Gasteiger partial charge >= 0.3 is 0 Å². The lowest BCUT2D eigenvalue weighted by molar-refractivity contribution is 0.300. The Morgan fingerprint density at radius 2 is 1.50 bits per heavy atom. The molecule has 1 nitrogen and oxygen atoms in total. The summed E-state index contributed by atoms with van der Waals surface area (Å²) in [4.78, 5) is 2.72. The minimum atomic E-state index is 0.918. The van der Waals surface area contributed by atoms with Crippen LogP contribution in [0.3, 0.4) is 0 Å². The van der Waals surface area contributed by atoms with Gasteiger partial charge < -0.3 is 4.90 Å². The van der Waals surface area contributed by atoms with Gasteiger partial charge in [0.1, 0.15) is 0 Å². The lowest BCUT2D eigenvalue weighted by atomic mass is 9.96. The molecule has 2 atom stereocenters. The zero-order valence-corrected chi connectivity index (χ0v) is 14.8. The van der Waals surface area contributed by atoms with E-state index in [-0.39, 0.29) is 0 Å². The highest BCUT2D eigenvalue weighted by Gasteiger charge is 2.40. The summed E-state index contributed by atoms with van der Waals surface area (Å²) in [7, 11) is 0. The summed E-state index contributed by atoms with van der Waals surface area (Å²) in [6, 6.07) is 20.1. The second-order valence-corrected chi connectivity index (χ2v) is 8.04. The van der Waals surface area contributed by atoms with Crippen molar-refractivity contribution in [1.82, 2.24) is 4.90 Å². The molecule has 1 heteroatoms. The molecule has 0 aromatic heterocycles. The molecule has 24 heavy (non-hydrogen) atoms. The van der Waals surface area contributed by atoms with Crippen molar-refractivity contribution < 1.29 is 0 Å². The molecule has 0 N–H and O–H groups in total. The fraction of sp³-hybridized carbons (Fsp3) is 0.478. The second kappa shape index (κ2) is 7.11. The van der Waals surface area contributed by atoms with E-state index in [9.17, 15) is 0 Å². The lowest BCUT2D eigenvalue weighted by Gasteiger charge is -2.19. The van der Waals surface area contributed by atoms with Crippen LogP contribution < -0.4 is 0 Å². The van der Waals surface area contributed by atoms with Gasteiger partial charge in [-0.2, -0.15) is 0 Å². The number of hydrogen-bond donors (Lipinski definition) is 0. The van der Waals surface area contributed by atoms with E-state index in [1.165, 1.54) is 62.0 Å². The Hall–Kier alpha value is -1.60. The fourth-order valence-electron chi connectivity index (χ4n) is 4.86. The molecule has 1 aliphatic carbocycles. The predicted octanol–water partition coefficient (Wildman–Crippen LogP) is 4.74. The van der Waals surface area contributed by atoms with Crippen LogP contribution in [0.15, 0.2) is 54.6 Å². The van der Waals surface area contributed by atoms with Crippen molar-refractivity contribution in [2.24, 2.45) is 17.8 Å².